The van der Waals surface area contributed by atoms with E-state index < -0.39 is 10.0 Å². The summed E-state index contributed by atoms with van der Waals surface area (Å²) in [7, 11) is -2.26. The molecule has 1 heterocycles. The number of hydrogen-bond acceptors (Lipinski definition) is 4. The minimum Gasteiger partial charge on any atom is -0.383 e. The molecular formula is C13H13Cl2N3O2S. The van der Waals surface area contributed by atoms with Crippen molar-refractivity contribution in [1.82, 2.24) is 9.29 Å². The Balaban J connectivity index is 2.29. The molecule has 0 aliphatic heterocycles. The summed E-state index contributed by atoms with van der Waals surface area (Å²) < 4.78 is 26.1. The van der Waals surface area contributed by atoms with E-state index in [0.29, 0.717) is 10.0 Å². The Morgan fingerprint density at radius 2 is 1.95 bits per heavy atom. The largest absolute Gasteiger partial charge is 0.383 e. The highest BCUT2D eigenvalue weighted by molar-refractivity contribution is 7.89. The lowest BCUT2D eigenvalue weighted by Crippen LogP contribution is -2.27. The summed E-state index contributed by atoms with van der Waals surface area (Å²) in [6, 6.07) is 7.91. The highest BCUT2D eigenvalue weighted by Gasteiger charge is 2.23. The van der Waals surface area contributed by atoms with Gasteiger partial charge in [0.15, 0.2) is 0 Å². The van der Waals surface area contributed by atoms with E-state index in [-0.39, 0.29) is 17.3 Å². The molecule has 0 saturated heterocycles. The molecule has 2 aromatic rings. The molecule has 0 radical (unpaired) electrons. The molecule has 1 aromatic heterocycles. The predicted octanol–water partition coefficient (Wildman–Crippen LogP) is 2.79. The third-order valence-corrected chi connectivity index (χ3v) is 5.47. The second-order valence-corrected chi connectivity index (χ2v) is 7.22. The van der Waals surface area contributed by atoms with Gasteiger partial charge in [0.25, 0.3) is 0 Å². The van der Waals surface area contributed by atoms with Crippen molar-refractivity contribution in [3.8, 4) is 0 Å². The van der Waals surface area contributed by atoms with E-state index in [0.717, 1.165) is 5.56 Å². The van der Waals surface area contributed by atoms with Crippen LogP contribution in [0.2, 0.25) is 10.0 Å². The van der Waals surface area contributed by atoms with Gasteiger partial charge in [-0.3, -0.25) is 0 Å². The number of aromatic nitrogens is 1. The smallest absolute Gasteiger partial charge is 0.246 e. The molecule has 0 bridgehead atoms. The second kappa shape index (κ2) is 6.19. The Labute approximate surface area is 133 Å². The monoisotopic (exact) mass is 345 g/mol. The Hall–Kier alpha value is -1.34. The van der Waals surface area contributed by atoms with Crippen LogP contribution in [0.3, 0.4) is 0 Å². The topological polar surface area (TPSA) is 76.3 Å². The van der Waals surface area contributed by atoms with E-state index >= 15 is 0 Å². The number of rotatable bonds is 4. The van der Waals surface area contributed by atoms with E-state index in [1.807, 2.05) is 0 Å². The van der Waals surface area contributed by atoms with Gasteiger partial charge < -0.3 is 5.73 Å². The summed E-state index contributed by atoms with van der Waals surface area (Å²) in [4.78, 5) is 3.77. The summed E-state index contributed by atoms with van der Waals surface area (Å²) in [5, 5.41) is 0.795. The number of hydrogen-bond donors (Lipinski definition) is 1. The quantitative estimate of drug-likeness (QED) is 0.924. The number of anilines is 1. The fourth-order valence-electron chi connectivity index (χ4n) is 1.77. The maximum absolute atomic E-state index is 12.5. The van der Waals surface area contributed by atoms with Crippen molar-refractivity contribution in [2.24, 2.45) is 0 Å². The van der Waals surface area contributed by atoms with Crippen LogP contribution in [0, 0.1) is 0 Å². The fraction of sp³-hybridized carbons (Fsp3) is 0.154. The van der Waals surface area contributed by atoms with Crippen LogP contribution in [-0.4, -0.2) is 24.8 Å². The lowest BCUT2D eigenvalue weighted by Gasteiger charge is -2.18. The maximum Gasteiger partial charge on any atom is 0.246 e. The molecule has 112 valence electrons. The van der Waals surface area contributed by atoms with E-state index in [2.05, 4.69) is 4.98 Å². The molecule has 21 heavy (non-hydrogen) atoms. The molecule has 0 aliphatic rings. The minimum absolute atomic E-state index is 0.0208. The van der Waals surface area contributed by atoms with Crippen molar-refractivity contribution in [2.45, 2.75) is 11.4 Å². The first-order valence-corrected chi connectivity index (χ1v) is 8.12. The van der Waals surface area contributed by atoms with Gasteiger partial charge in [0.05, 0.1) is 10.0 Å². The van der Waals surface area contributed by atoms with Gasteiger partial charge in [-0.05, 0) is 29.8 Å². The number of sulfonamides is 1. The average molecular weight is 346 g/mol. The molecular weight excluding hydrogens is 333 g/mol. The molecule has 0 atom stereocenters. The van der Waals surface area contributed by atoms with E-state index in [1.54, 1.807) is 18.2 Å². The zero-order chi connectivity index (χ0) is 15.6. The second-order valence-electron chi connectivity index (χ2n) is 4.40. The van der Waals surface area contributed by atoms with Gasteiger partial charge in [0.2, 0.25) is 10.0 Å². The number of nitrogens with zero attached hydrogens (tertiary/aromatic N) is 2. The van der Waals surface area contributed by atoms with E-state index in [9.17, 15) is 8.42 Å². The van der Waals surface area contributed by atoms with Gasteiger partial charge in [-0.25, -0.2) is 13.4 Å². The van der Waals surface area contributed by atoms with Crippen LogP contribution in [0.25, 0.3) is 0 Å². The van der Waals surface area contributed by atoms with Gasteiger partial charge in [-0.2, -0.15) is 4.31 Å². The Morgan fingerprint density at radius 3 is 2.57 bits per heavy atom. The molecule has 1 aromatic carbocycles. The Bertz CT molecular complexity index is 766. The van der Waals surface area contributed by atoms with Crippen LogP contribution < -0.4 is 5.73 Å². The van der Waals surface area contributed by atoms with Crippen LogP contribution >= 0.6 is 23.2 Å². The molecule has 2 rings (SSSR count). The van der Waals surface area contributed by atoms with Crippen molar-refractivity contribution in [3.63, 3.8) is 0 Å². The zero-order valence-electron chi connectivity index (χ0n) is 11.1. The zero-order valence-corrected chi connectivity index (χ0v) is 13.5. The Kier molecular flexibility index (Phi) is 4.73. The van der Waals surface area contributed by atoms with Crippen LogP contribution in [0.15, 0.2) is 41.4 Å². The van der Waals surface area contributed by atoms with Gasteiger partial charge in [-0.1, -0.05) is 29.3 Å². The number of halogens is 2. The molecule has 5 nitrogen and oxygen atoms in total. The lowest BCUT2D eigenvalue weighted by molar-refractivity contribution is 0.467. The highest BCUT2D eigenvalue weighted by Crippen LogP contribution is 2.25. The molecule has 0 saturated carbocycles. The predicted molar refractivity (Wildman–Crippen MR) is 83.8 cm³/mol. The highest BCUT2D eigenvalue weighted by atomic mass is 35.5. The number of nitrogen functional groups attached to an aromatic ring is 1. The van der Waals surface area contributed by atoms with Gasteiger partial charge >= 0.3 is 0 Å². The summed E-state index contributed by atoms with van der Waals surface area (Å²) >= 11 is 11.8. The molecule has 0 fully saturated rings. The molecule has 8 heteroatoms. The van der Waals surface area contributed by atoms with Crippen molar-refractivity contribution < 1.29 is 8.42 Å². The van der Waals surface area contributed by atoms with Gasteiger partial charge in [0.1, 0.15) is 10.7 Å². The number of nitrogens with two attached hydrogens (primary N) is 1. The van der Waals surface area contributed by atoms with Crippen LogP contribution in [0.5, 0.6) is 0 Å². The van der Waals surface area contributed by atoms with Crippen LogP contribution in [-0.2, 0) is 16.6 Å². The Morgan fingerprint density at radius 1 is 1.24 bits per heavy atom. The molecule has 2 N–H and O–H groups in total. The van der Waals surface area contributed by atoms with Crippen molar-refractivity contribution in [3.05, 3.63) is 52.1 Å². The molecule has 0 unspecified atom stereocenters. The number of benzene rings is 1. The third-order valence-electron chi connectivity index (χ3n) is 2.88. The first-order valence-electron chi connectivity index (χ1n) is 5.93. The summed E-state index contributed by atoms with van der Waals surface area (Å²) in [6.45, 7) is 0.146. The van der Waals surface area contributed by atoms with E-state index in [4.69, 9.17) is 28.9 Å². The third kappa shape index (κ3) is 3.47. The van der Waals surface area contributed by atoms with Crippen molar-refractivity contribution >= 4 is 39.0 Å². The number of pyridine rings is 1. The average Bonchev–Trinajstić information content (AvgIpc) is 2.43. The maximum atomic E-state index is 12.5. The molecule has 0 amide bonds. The molecule has 0 spiro atoms. The van der Waals surface area contributed by atoms with E-state index in [1.165, 1.54) is 29.7 Å². The summed E-state index contributed by atoms with van der Waals surface area (Å²) in [5.41, 5.74) is 6.35. The summed E-state index contributed by atoms with van der Waals surface area (Å²) in [6.07, 6.45) is 1.44. The first kappa shape index (κ1) is 16.0. The standard InChI is InChI=1S/C13H13Cl2N3O2S/c1-18(8-9-4-5-10(14)11(15)7-9)21(19,20)12-3-2-6-17-13(12)16/h2-7H,8H2,1H3,(H2,16,17). The summed E-state index contributed by atoms with van der Waals surface area (Å²) in [5.74, 6) is -0.0292. The first-order chi connectivity index (χ1) is 9.82. The SMILES string of the molecule is CN(Cc1ccc(Cl)c(Cl)c1)S(=O)(=O)c1cccnc1N. The van der Waals surface area contributed by atoms with Gasteiger partial charge in [-0.15, -0.1) is 0 Å². The molecule has 0 aliphatic carbocycles. The van der Waals surface area contributed by atoms with Gasteiger partial charge in [0, 0.05) is 19.8 Å². The lowest BCUT2D eigenvalue weighted by atomic mass is 10.2. The minimum atomic E-state index is -3.72. The fourth-order valence-corrected chi connectivity index (χ4v) is 3.31. The van der Waals surface area contributed by atoms with Crippen LogP contribution in [0.4, 0.5) is 5.82 Å². The van der Waals surface area contributed by atoms with Crippen LogP contribution in [0.1, 0.15) is 5.56 Å². The van der Waals surface area contributed by atoms with Crippen molar-refractivity contribution in [1.29, 1.82) is 0 Å². The normalized spacial score (nSPS) is 11.8. The van der Waals surface area contributed by atoms with Crippen molar-refractivity contribution in [2.75, 3.05) is 12.8 Å².